The van der Waals surface area contributed by atoms with E-state index >= 15 is 0 Å². The third kappa shape index (κ3) is 15.3. The van der Waals surface area contributed by atoms with Crippen molar-refractivity contribution in [2.45, 2.75) is 102 Å². The molecule has 4 N–H and O–H groups in total. The lowest BCUT2D eigenvalue weighted by molar-refractivity contribution is -0.141. The first-order chi connectivity index (χ1) is 22.2. The second-order valence-electron chi connectivity index (χ2n) is 12.7. The fraction of sp³-hybridized carbons (Fsp3) is 0.581. The summed E-state index contributed by atoms with van der Waals surface area (Å²) >= 11 is 2.22. The highest BCUT2D eigenvalue weighted by Gasteiger charge is 2.29. The summed E-state index contributed by atoms with van der Waals surface area (Å²) < 4.78 is 11.7. The molecule has 0 fully saturated rings. The third-order valence-corrected chi connectivity index (χ3v) is 8.48. The number of ether oxygens (including phenoxy) is 2. The molecule has 2 aromatic rings. The molecule has 15 nitrogen and oxygen atoms in total. The van der Waals surface area contributed by atoms with Crippen molar-refractivity contribution in [2.24, 2.45) is 0 Å². The molecular weight excluding hydrogens is 665 g/mol. The maximum absolute atomic E-state index is 13.8. The van der Waals surface area contributed by atoms with Gasteiger partial charge in [-0.1, -0.05) is 0 Å². The Bertz CT molecular complexity index is 1340. The van der Waals surface area contributed by atoms with Gasteiger partial charge in [-0.3, -0.25) is 14.4 Å². The summed E-state index contributed by atoms with van der Waals surface area (Å²) in [7, 11) is 0. The number of hydrogen-bond donors (Lipinski definition) is 4. The average Bonchev–Trinajstić information content (AvgIpc) is 2.93. The summed E-state index contributed by atoms with van der Waals surface area (Å²) in [6.45, 7) is 13.4. The van der Waals surface area contributed by atoms with Gasteiger partial charge < -0.3 is 30.3 Å². The minimum Gasteiger partial charge on any atom is -0.480 e. The predicted molar refractivity (Wildman–Crippen MR) is 180 cm³/mol. The van der Waals surface area contributed by atoms with Gasteiger partial charge in [-0.2, -0.15) is 9.97 Å². The number of hydrogen-bond acceptors (Lipinski definition) is 13. The molecule has 4 atom stereocenters. The van der Waals surface area contributed by atoms with Crippen molar-refractivity contribution in [1.82, 2.24) is 30.6 Å². The molecule has 264 valence electrons. The van der Waals surface area contributed by atoms with E-state index in [-0.39, 0.29) is 47.8 Å². The lowest BCUT2D eigenvalue weighted by Crippen LogP contribution is -2.41. The SMILES string of the molecule is CC(=O)N[C@@H](CSC(CC(=O)CC(SC[C@H](NC(C)=O)C(=O)O)c1nccc(OC(C)(C)C)n1)c1ccnc(OC(C)(C)C)n1)C(=O)O. The van der Waals surface area contributed by atoms with Gasteiger partial charge in [0.15, 0.2) is 0 Å². The summed E-state index contributed by atoms with van der Waals surface area (Å²) in [5, 5.41) is 22.7. The molecule has 0 saturated heterocycles. The van der Waals surface area contributed by atoms with Crippen molar-refractivity contribution in [3.8, 4) is 11.9 Å². The highest BCUT2D eigenvalue weighted by molar-refractivity contribution is 7.99. The fourth-order valence-electron chi connectivity index (χ4n) is 3.97. The Morgan fingerprint density at radius 1 is 0.750 bits per heavy atom. The number of carbonyl (C=O) groups excluding carboxylic acids is 3. The first-order valence-electron chi connectivity index (χ1n) is 15.0. The van der Waals surface area contributed by atoms with E-state index in [1.165, 1.54) is 26.2 Å². The molecule has 0 aromatic carbocycles. The monoisotopic (exact) mass is 708 g/mol. The Labute approximate surface area is 288 Å². The zero-order valence-corrected chi connectivity index (χ0v) is 29.9. The van der Waals surface area contributed by atoms with E-state index in [2.05, 4.69) is 30.6 Å². The van der Waals surface area contributed by atoms with Crippen LogP contribution in [0.15, 0.2) is 24.5 Å². The molecule has 0 saturated carbocycles. The first kappa shape index (κ1) is 40.2. The molecule has 0 spiro atoms. The van der Waals surface area contributed by atoms with E-state index in [1.807, 2.05) is 41.5 Å². The van der Waals surface area contributed by atoms with Gasteiger partial charge in [0.2, 0.25) is 17.7 Å². The molecule has 2 unspecified atom stereocenters. The van der Waals surface area contributed by atoms with Crippen molar-refractivity contribution in [1.29, 1.82) is 0 Å². The van der Waals surface area contributed by atoms with Gasteiger partial charge >= 0.3 is 17.9 Å². The standard InChI is InChI=1S/C31H44N6O9S2/c1-17(38)34-21(27(41)42)15-47-23(20-9-11-33-29(36-20)46-31(6,7)8)13-19(40)14-24(48-16-22(28(43)44)35-18(2)39)26-32-12-10-25(37-26)45-30(3,4)5/h9-12,21-24H,13-16H2,1-8H3,(H,34,38)(H,35,39)(H,41,42)(H,43,44)/t21-,22-,23?,24?/m0/s1. The Balaban J connectivity index is 2.43. The largest absolute Gasteiger partial charge is 0.480 e. The normalized spacial score (nSPS) is 14.2. The molecule has 0 aliphatic rings. The van der Waals surface area contributed by atoms with Crippen LogP contribution in [0, 0.1) is 0 Å². The predicted octanol–water partition coefficient (Wildman–Crippen LogP) is 3.40. The lowest BCUT2D eigenvalue weighted by Gasteiger charge is -2.23. The number of ketones is 1. The van der Waals surface area contributed by atoms with Crippen LogP contribution >= 0.6 is 23.5 Å². The minimum absolute atomic E-state index is 0.0726. The number of aliphatic carboxylic acids is 2. The number of rotatable bonds is 18. The van der Waals surface area contributed by atoms with Crippen LogP contribution in [0.4, 0.5) is 0 Å². The topological polar surface area (TPSA) is 220 Å². The summed E-state index contributed by atoms with van der Waals surface area (Å²) in [6.07, 6.45) is 2.70. The van der Waals surface area contributed by atoms with E-state index in [0.717, 1.165) is 23.5 Å². The molecular formula is C31H44N6O9S2. The van der Waals surface area contributed by atoms with E-state index in [0.29, 0.717) is 5.69 Å². The highest BCUT2D eigenvalue weighted by Crippen LogP contribution is 2.37. The lowest BCUT2D eigenvalue weighted by atomic mass is 10.1. The van der Waals surface area contributed by atoms with Gasteiger partial charge in [-0.05, 0) is 47.6 Å². The maximum Gasteiger partial charge on any atom is 0.327 e. The number of thioether (sulfide) groups is 2. The Kier molecular flexibility index (Phi) is 15.0. The van der Waals surface area contributed by atoms with Crippen molar-refractivity contribution in [2.75, 3.05) is 11.5 Å². The summed E-state index contributed by atoms with van der Waals surface area (Å²) in [4.78, 5) is 78.2. The number of amides is 2. The zero-order valence-electron chi connectivity index (χ0n) is 28.3. The van der Waals surface area contributed by atoms with Crippen molar-refractivity contribution >= 4 is 53.1 Å². The molecule has 2 rings (SSSR count). The zero-order chi connectivity index (χ0) is 36.2. The third-order valence-electron chi connectivity index (χ3n) is 5.84. The summed E-state index contributed by atoms with van der Waals surface area (Å²) in [6, 6.07) is 0.794. The number of carboxylic acid groups (broad SMARTS) is 2. The average molecular weight is 709 g/mol. The van der Waals surface area contributed by atoms with E-state index in [4.69, 9.17) is 9.47 Å². The van der Waals surface area contributed by atoms with Crippen LogP contribution in [0.2, 0.25) is 0 Å². The van der Waals surface area contributed by atoms with Crippen molar-refractivity contribution in [3.63, 3.8) is 0 Å². The number of aromatic nitrogens is 4. The van der Waals surface area contributed by atoms with Crippen LogP contribution in [-0.2, 0) is 24.0 Å². The van der Waals surface area contributed by atoms with Gasteiger partial charge in [-0.25, -0.2) is 19.6 Å². The highest BCUT2D eigenvalue weighted by atomic mass is 32.2. The Morgan fingerprint density at radius 3 is 1.75 bits per heavy atom. The van der Waals surface area contributed by atoms with Crippen LogP contribution in [0.3, 0.4) is 0 Å². The summed E-state index contributed by atoms with van der Waals surface area (Å²) in [5.74, 6) is -3.47. The molecule has 0 aliphatic heterocycles. The quantitative estimate of drug-likeness (QED) is 0.174. The Morgan fingerprint density at radius 2 is 1.25 bits per heavy atom. The second-order valence-corrected chi connectivity index (χ2v) is 15.2. The first-order valence-corrected chi connectivity index (χ1v) is 17.1. The van der Waals surface area contributed by atoms with Crippen LogP contribution in [-0.4, -0.2) is 94.5 Å². The van der Waals surface area contributed by atoms with Crippen molar-refractivity contribution < 1.29 is 43.7 Å². The number of Topliss-reactive ketones (excluding diaryl/α,β-unsaturated/α-hetero) is 1. The number of nitrogens with one attached hydrogen (secondary N) is 2. The summed E-state index contributed by atoms with van der Waals surface area (Å²) in [5.41, 5.74) is -0.781. The molecule has 0 bridgehead atoms. The Hall–Kier alpha value is -3.99. The van der Waals surface area contributed by atoms with Crippen LogP contribution in [0.5, 0.6) is 11.9 Å². The molecule has 17 heteroatoms. The second kappa shape index (κ2) is 18.0. The molecule has 2 heterocycles. The molecule has 48 heavy (non-hydrogen) atoms. The van der Waals surface area contributed by atoms with Gasteiger partial charge in [0.05, 0.1) is 16.2 Å². The maximum atomic E-state index is 13.8. The molecule has 0 radical (unpaired) electrons. The van der Waals surface area contributed by atoms with E-state index < -0.39 is 57.5 Å². The smallest absolute Gasteiger partial charge is 0.327 e. The minimum atomic E-state index is -1.24. The fourth-order valence-corrected chi connectivity index (χ4v) is 6.45. The van der Waals surface area contributed by atoms with Gasteiger partial charge in [0.25, 0.3) is 0 Å². The van der Waals surface area contributed by atoms with Crippen molar-refractivity contribution in [3.05, 3.63) is 36.0 Å². The van der Waals surface area contributed by atoms with Gasteiger partial charge in [0.1, 0.15) is 34.9 Å². The number of carbonyl (C=O) groups is 5. The van der Waals surface area contributed by atoms with Crippen LogP contribution in [0.25, 0.3) is 0 Å². The van der Waals surface area contributed by atoms with Gasteiger partial charge in [0, 0.05) is 56.7 Å². The van der Waals surface area contributed by atoms with E-state index in [9.17, 15) is 34.2 Å². The van der Waals surface area contributed by atoms with E-state index in [1.54, 1.807) is 12.1 Å². The van der Waals surface area contributed by atoms with Crippen LogP contribution in [0.1, 0.15) is 90.2 Å². The number of nitrogens with zero attached hydrogens (tertiary/aromatic N) is 4. The number of carboxylic acids is 2. The van der Waals surface area contributed by atoms with Gasteiger partial charge in [-0.15, -0.1) is 23.5 Å². The van der Waals surface area contributed by atoms with Crippen LogP contribution < -0.4 is 20.1 Å². The molecule has 0 aliphatic carbocycles. The molecule has 2 amide bonds. The molecule has 2 aromatic heterocycles.